The number of benzene rings is 4. The molecule has 13 heteroatoms. The molecular formula is C38H40F2N4O6S. The first-order chi connectivity index (χ1) is 24.4. The SMILES string of the molecule is CCN(c1ccccc1)S(=O)(=O)c1cccc(NC(=O)N(Cc2ccc(C(=O)NCC(F)(F)C(=O)O)cc2)c2ccc(C3CCCCC3)cc2)c1. The average molecular weight is 719 g/mol. The zero-order valence-corrected chi connectivity index (χ0v) is 28.9. The standard InChI is InChI=1S/C38H40F2N4O6S/c1-2-44(33-13-7-4-8-14-33)51(49,50)34-15-9-12-31(24-34)42-37(48)43(32-22-20-29(21-23-32)28-10-5-3-6-11-28)25-27-16-18-30(19-17-27)35(45)41-26-38(39,40)36(46)47/h4,7-9,12-24,28H,2-3,5-6,10-11,25-26H2,1H3,(H,41,45)(H,42,48)(H,46,47). The summed E-state index contributed by atoms with van der Waals surface area (Å²) in [5.41, 5.74) is 3.18. The van der Waals surface area contributed by atoms with Crippen molar-refractivity contribution < 1.29 is 36.7 Å². The van der Waals surface area contributed by atoms with Crippen LogP contribution in [-0.2, 0) is 21.4 Å². The highest BCUT2D eigenvalue weighted by molar-refractivity contribution is 7.92. The molecule has 3 N–H and O–H groups in total. The smallest absolute Gasteiger partial charge is 0.376 e. The molecule has 0 atom stereocenters. The number of nitrogens with zero attached hydrogens (tertiary/aromatic N) is 2. The van der Waals surface area contributed by atoms with Crippen molar-refractivity contribution in [2.75, 3.05) is 27.6 Å². The Kier molecular flexibility index (Phi) is 11.7. The van der Waals surface area contributed by atoms with Crippen molar-refractivity contribution in [3.63, 3.8) is 0 Å². The lowest BCUT2D eigenvalue weighted by Gasteiger charge is -2.26. The first kappa shape index (κ1) is 37.0. The average Bonchev–Trinajstić information content (AvgIpc) is 3.14. The van der Waals surface area contributed by atoms with E-state index in [-0.39, 0.29) is 29.2 Å². The number of carbonyl (C=O) groups excluding carboxylic acids is 2. The molecule has 4 aromatic carbocycles. The van der Waals surface area contributed by atoms with Crippen molar-refractivity contribution in [2.24, 2.45) is 0 Å². The lowest BCUT2D eigenvalue weighted by molar-refractivity contribution is -0.163. The normalized spacial score (nSPS) is 13.6. The third-order valence-electron chi connectivity index (χ3n) is 8.87. The minimum absolute atomic E-state index is 0.00405. The van der Waals surface area contributed by atoms with Gasteiger partial charge in [0.05, 0.1) is 23.7 Å². The molecule has 0 unspecified atom stereocenters. The zero-order chi connectivity index (χ0) is 36.6. The molecule has 1 aliphatic rings. The highest BCUT2D eigenvalue weighted by atomic mass is 32.2. The molecule has 1 saturated carbocycles. The van der Waals surface area contributed by atoms with Gasteiger partial charge in [0, 0.05) is 23.5 Å². The Balaban J connectivity index is 1.38. The van der Waals surface area contributed by atoms with Gasteiger partial charge in [-0.1, -0.05) is 67.8 Å². The Morgan fingerprint density at radius 3 is 2.14 bits per heavy atom. The van der Waals surface area contributed by atoms with Crippen LogP contribution in [0.2, 0.25) is 0 Å². The first-order valence-electron chi connectivity index (χ1n) is 16.7. The number of carboxylic acids is 1. The number of nitrogens with one attached hydrogen (secondary N) is 2. The number of urea groups is 1. The molecule has 0 saturated heterocycles. The summed E-state index contributed by atoms with van der Waals surface area (Å²) in [5.74, 6) is -6.88. The summed E-state index contributed by atoms with van der Waals surface area (Å²) < 4.78 is 55.6. The summed E-state index contributed by atoms with van der Waals surface area (Å²) in [6.45, 7) is 0.620. The van der Waals surface area contributed by atoms with E-state index in [4.69, 9.17) is 5.11 Å². The minimum Gasteiger partial charge on any atom is -0.477 e. The molecule has 10 nitrogen and oxygen atoms in total. The Morgan fingerprint density at radius 2 is 1.51 bits per heavy atom. The van der Waals surface area contributed by atoms with Crippen LogP contribution < -0.4 is 19.8 Å². The molecule has 0 aliphatic heterocycles. The summed E-state index contributed by atoms with van der Waals surface area (Å²) in [4.78, 5) is 38.6. The fourth-order valence-electron chi connectivity index (χ4n) is 6.09. The van der Waals surface area contributed by atoms with E-state index in [0.717, 1.165) is 12.8 Å². The number of halogens is 2. The van der Waals surface area contributed by atoms with Gasteiger partial charge in [-0.15, -0.1) is 0 Å². The number of sulfonamides is 1. The van der Waals surface area contributed by atoms with Gasteiger partial charge in [-0.25, -0.2) is 18.0 Å². The fraction of sp³-hybridized carbons (Fsp3) is 0.289. The Hall–Kier alpha value is -5.30. The molecule has 0 bridgehead atoms. The number of carbonyl (C=O) groups is 3. The van der Waals surface area contributed by atoms with Crippen LogP contribution in [0.4, 0.5) is 30.6 Å². The number of aliphatic carboxylic acids is 1. The number of hydrogen-bond acceptors (Lipinski definition) is 5. The third kappa shape index (κ3) is 9.09. The maximum Gasteiger partial charge on any atom is 0.376 e. The van der Waals surface area contributed by atoms with Crippen LogP contribution in [0, 0.1) is 0 Å². The molecular weight excluding hydrogens is 679 g/mol. The van der Waals surface area contributed by atoms with Gasteiger partial charge in [0.2, 0.25) is 0 Å². The monoisotopic (exact) mass is 718 g/mol. The Morgan fingerprint density at radius 1 is 0.843 bits per heavy atom. The number of hydrogen-bond donors (Lipinski definition) is 3. The molecule has 268 valence electrons. The summed E-state index contributed by atoms with van der Waals surface area (Å²) in [6, 6.07) is 27.9. The fourth-order valence-corrected chi connectivity index (χ4v) is 7.61. The predicted octanol–water partition coefficient (Wildman–Crippen LogP) is 7.64. The van der Waals surface area contributed by atoms with Crippen molar-refractivity contribution in [3.05, 3.63) is 120 Å². The highest BCUT2D eigenvalue weighted by Crippen LogP contribution is 2.34. The van der Waals surface area contributed by atoms with Gasteiger partial charge >= 0.3 is 17.9 Å². The largest absolute Gasteiger partial charge is 0.477 e. The quantitative estimate of drug-likeness (QED) is 0.130. The van der Waals surface area contributed by atoms with Gasteiger partial charge in [-0.3, -0.25) is 14.0 Å². The van der Waals surface area contributed by atoms with Crippen LogP contribution >= 0.6 is 0 Å². The van der Waals surface area contributed by atoms with Crippen LogP contribution in [0.1, 0.15) is 66.4 Å². The first-order valence-corrected chi connectivity index (χ1v) is 18.2. The molecule has 5 rings (SSSR count). The van der Waals surface area contributed by atoms with Gasteiger partial charge in [-0.2, -0.15) is 8.78 Å². The summed E-state index contributed by atoms with van der Waals surface area (Å²) in [6.07, 6.45) is 5.79. The van der Waals surface area contributed by atoms with Gasteiger partial charge in [-0.05, 0) is 91.4 Å². The van der Waals surface area contributed by atoms with Crippen LogP contribution in [0.25, 0.3) is 0 Å². The molecule has 3 amide bonds. The molecule has 0 spiro atoms. The van der Waals surface area contributed by atoms with Crippen molar-refractivity contribution in [1.82, 2.24) is 5.32 Å². The number of rotatable bonds is 13. The van der Waals surface area contributed by atoms with E-state index in [0.29, 0.717) is 22.9 Å². The molecule has 4 aromatic rings. The molecule has 0 aromatic heterocycles. The second kappa shape index (κ2) is 16.2. The molecule has 1 fully saturated rings. The van der Waals surface area contributed by atoms with Crippen LogP contribution in [0.15, 0.2) is 108 Å². The molecule has 0 radical (unpaired) electrons. The van der Waals surface area contributed by atoms with E-state index in [1.165, 1.54) is 58.3 Å². The predicted molar refractivity (Wildman–Crippen MR) is 192 cm³/mol. The van der Waals surface area contributed by atoms with Crippen molar-refractivity contribution in [2.45, 2.75) is 62.3 Å². The third-order valence-corrected chi connectivity index (χ3v) is 10.8. The van der Waals surface area contributed by atoms with E-state index in [1.807, 2.05) is 29.6 Å². The topological polar surface area (TPSA) is 136 Å². The van der Waals surface area contributed by atoms with E-state index < -0.39 is 40.4 Å². The second-order valence-electron chi connectivity index (χ2n) is 12.4. The number of carboxylic acid groups (broad SMARTS) is 1. The minimum atomic E-state index is -4.11. The summed E-state index contributed by atoms with van der Waals surface area (Å²) in [7, 11) is -3.96. The van der Waals surface area contributed by atoms with Gasteiger partial charge < -0.3 is 15.7 Å². The van der Waals surface area contributed by atoms with E-state index >= 15 is 0 Å². The van der Waals surface area contributed by atoms with Gasteiger partial charge in [0.1, 0.15) is 0 Å². The Labute approximate surface area is 296 Å². The summed E-state index contributed by atoms with van der Waals surface area (Å²) in [5, 5.41) is 13.4. The van der Waals surface area contributed by atoms with Crippen LogP contribution in [-0.4, -0.2) is 50.4 Å². The van der Waals surface area contributed by atoms with Crippen LogP contribution in [0.5, 0.6) is 0 Å². The summed E-state index contributed by atoms with van der Waals surface area (Å²) >= 11 is 0. The maximum absolute atomic E-state index is 14.0. The van der Waals surface area contributed by atoms with E-state index in [1.54, 1.807) is 61.5 Å². The highest BCUT2D eigenvalue weighted by Gasteiger charge is 2.39. The van der Waals surface area contributed by atoms with Crippen LogP contribution in [0.3, 0.4) is 0 Å². The lowest BCUT2D eigenvalue weighted by Crippen LogP contribution is -2.42. The van der Waals surface area contributed by atoms with Crippen molar-refractivity contribution >= 4 is 45.0 Å². The second-order valence-corrected chi connectivity index (χ2v) is 14.2. The number of alkyl halides is 2. The zero-order valence-electron chi connectivity index (χ0n) is 28.1. The van der Waals surface area contributed by atoms with E-state index in [9.17, 15) is 31.6 Å². The van der Waals surface area contributed by atoms with Gasteiger partial charge in [0.25, 0.3) is 15.9 Å². The molecule has 51 heavy (non-hydrogen) atoms. The number of amides is 3. The molecule has 0 heterocycles. The maximum atomic E-state index is 14.0. The lowest BCUT2D eigenvalue weighted by atomic mass is 9.84. The number of anilines is 3. The van der Waals surface area contributed by atoms with E-state index in [2.05, 4.69) is 5.32 Å². The van der Waals surface area contributed by atoms with Gasteiger partial charge in [0.15, 0.2) is 0 Å². The van der Waals surface area contributed by atoms with Crippen molar-refractivity contribution in [3.8, 4) is 0 Å². The number of para-hydroxylation sites is 1. The Bertz CT molecular complexity index is 1940. The van der Waals surface area contributed by atoms with Crippen molar-refractivity contribution in [1.29, 1.82) is 0 Å². The molecule has 1 aliphatic carbocycles.